The summed E-state index contributed by atoms with van der Waals surface area (Å²) in [5, 5.41) is 2.69. The third-order valence-corrected chi connectivity index (χ3v) is 5.57. The monoisotopic (exact) mass is 376 g/mol. The minimum Gasteiger partial charge on any atom is -0.495 e. The second-order valence-corrected chi connectivity index (χ2v) is 7.84. The normalized spacial score (nSPS) is 11.2. The molecule has 0 saturated carbocycles. The highest BCUT2D eigenvalue weighted by Crippen LogP contribution is 2.26. The van der Waals surface area contributed by atoms with E-state index in [1.165, 1.54) is 7.11 Å². The van der Waals surface area contributed by atoms with Gasteiger partial charge >= 0.3 is 0 Å². The number of benzene rings is 2. The average Bonchev–Trinajstić information content (AvgIpc) is 2.61. The third-order valence-electron chi connectivity index (χ3n) is 4.09. The number of rotatable bonds is 7. The maximum Gasteiger partial charge on any atom is 0.251 e. The summed E-state index contributed by atoms with van der Waals surface area (Å²) in [7, 11) is -2.30. The quantitative estimate of drug-likeness (QED) is 0.727. The largest absolute Gasteiger partial charge is 0.495 e. The fraction of sp³-hybridized carbons (Fsp3) is 0.316. The van der Waals surface area contributed by atoms with E-state index in [0.29, 0.717) is 11.3 Å². The van der Waals surface area contributed by atoms with Crippen molar-refractivity contribution in [2.24, 2.45) is 0 Å². The number of hydrogen-bond donors (Lipinski definition) is 2. The Balaban J connectivity index is 1.97. The van der Waals surface area contributed by atoms with Crippen LogP contribution >= 0.6 is 0 Å². The second-order valence-electron chi connectivity index (χ2n) is 6.11. The predicted octanol–water partition coefficient (Wildman–Crippen LogP) is 2.33. The van der Waals surface area contributed by atoms with Crippen LogP contribution in [0.2, 0.25) is 0 Å². The van der Waals surface area contributed by atoms with Crippen LogP contribution in [0, 0.1) is 20.8 Å². The van der Waals surface area contributed by atoms with E-state index >= 15 is 0 Å². The number of amides is 1. The lowest BCUT2D eigenvalue weighted by Gasteiger charge is -2.13. The Morgan fingerprint density at radius 2 is 1.62 bits per heavy atom. The van der Waals surface area contributed by atoms with E-state index in [-0.39, 0.29) is 23.9 Å². The van der Waals surface area contributed by atoms with E-state index in [4.69, 9.17) is 4.74 Å². The zero-order valence-electron chi connectivity index (χ0n) is 15.4. The zero-order valence-corrected chi connectivity index (χ0v) is 16.2. The van der Waals surface area contributed by atoms with Gasteiger partial charge in [-0.1, -0.05) is 17.7 Å². The van der Waals surface area contributed by atoms with Crippen LogP contribution in [-0.2, 0) is 10.0 Å². The van der Waals surface area contributed by atoms with Crippen molar-refractivity contribution in [3.63, 3.8) is 0 Å². The van der Waals surface area contributed by atoms with E-state index in [2.05, 4.69) is 10.0 Å². The van der Waals surface area contributed by atoms with E-state index in [1.54, 1.807) is 24.3 Å². The molecule has 2 N–H and O–H groups in total. The highest BCUT2D eigenvalue weighted by molar-refractivity contribution is 7.89. The van der Waals surface area contributed by atoms with Gasteiger partial charge < -0.3 is 10.1 Å². The molecule has 0 heterocycles. The average molecular weight is 376 g/mol. The molecular formula is C19H24N2O4S. The summed E-state index contributed by atoms with van der Waals surface area (Å²) < 4.78 is 32.7. The minimum atomic E-state index is -3.74. The van der Waals surface area contributed by atoms with Crippen LogP contribution in [0.5, 0.6) is 5.75 Å². The van der Waals surface area contributed by atoms with Crippen molar-refractivity contribution in [3.05, 3.63) is 58.7 Å². The standard InChI is InChI=1S/C19H24N2O4S/c1-13-5-7-16(8-6-13)19(22)20-9-10-21-26(23,24)18-12-15(3)14(2)11-17(18)25-4/h5-8,11-12,21H,9-10H2,1-4H3,(H,20,22). The molecule has 0 aliphatic heterocycles. The Hall–Kier alpha value is -2.38. The van der Waals surface area contributed by atoms with Crippen LogP contribution < -0.4 is 14.8 Å². The maximum absolute atomic E-state index is 12.5. The zero-order chi connectivity index (χ0) is 19.3. The molecule has 0 aromatic heterocycles. The molecule has 2 aromatic carbocycles. The van der Waals surface area contributed by atoms with Crippen LogP contribution in [0.15, 0.2) is 41.3 Å². The molecule has 26 heavy (non-hydrogen) atoms. The van der Waals surface area contributed by atoms with Gasteiger partial charge in [-0.25, -0.2) is 13.1 Å². The molecule has 0 aliphatic carbocycles. The van der Waals surface area contributed by atoms with Gasteiger partial charge in [-0.15, -0.1) is 0 Å². The first-order valence-corrected chi connectivity index (χ1v) is 9.72. The molecule has 6 nitrogen and oxygen atoms in total. The molecule has 0 unspecified atom stereocenters. The number of carbonyl (C=O) groups is 1. The van der Waals surface area contributed by atoms with E-state index in [9.17, 15) is 13.2 Å². The van der Waals surface area contributed by atoms with Gasteiger partial charge in [0, 0.05) is 18.7 Å². The predicted molar refractivity (Wildman–Crippen MR) is 101 cm³/mol. The van der Waals surface area contributed by atoms with Crippen molar-refractivity contribution in [2.75, 3.05) is 20.2 Å². The summed E-state index contributed by atoms with van der Waals surface area (Å²) in [4.78, 5) is 12.1. The van der Waals surface area contributed by atoms with Gasteiger partial charge in [0.25, 0.3) is 5.91 Å². The van der Waals surface area contributed by atoms with E-state index in [0.717, 1.165) is 16.7 Å². The highest BCUT2D eigenvalue weighted by atomic mass is 32.2. The first kappa shape index (κ1) is 19.9. The number of aryl methyl sites for hydroxylation is 3. The summed E-state index contributed by atoms with van der Waals surface area (Å²) in [5.74, 6) is 0.0530. The maximum atomic E-state index is 12.5. The summed E-state index contributed by atoms with van der Waals surface area (Å²) in [5.41, 5.74) is 3.41. The third kappa shape index (κ3) is 4.83. The number of ether oxygens (including phenoxy) is 1. The summed E-state index contributed by atoms with van der Waals surface area (Å²) in [6.07, 6.45) is 0. The summed E-state index contributed by atoms with van der Waals surface area (Å²) in [6.45, 7) is 5.94. The van der Waals surface area contributed by atoms with Gasteiger partial charge in [0.1, 0.15) is 10.6 Å². The number of sulfonamides is 1. The first-order valence-electron chi connectivity index (χ1n) is 8.24. The van der Waals surface area contributed by atoms with Gasteiger partial charge in [0.2, 0.25) is 10.0 Å². The number of hydrogen-bond acceptors (Lipinski definition) is 4. The molecule has 2 aromatic rings. The Morgan fingerprint density at radius 1 is 1.00 bits per heavy atom. The van der Waals surface area contributed by atoms with Crippen LogP contribution in [0.4, 0.5) is 0 Å². The molecule has 2 rings (SSSR count). The van der Waals surface area contributed by atoms with Crippen LogP contribution in [0.25, 0.3) is 0 Å². The molecule has 0 spiro atoms. The Kier molecular flexibility index (Phi) is 6.39. The molecule has 0 aliphatic rings. The van der Waals surface area contributed by atoms with Crippen molar-refractivity contribution >= 4 is 15.9 Å². The summed E-state index contributed by atoms with van der Waals surface area (Å²) in [6, 6.07) is 10.4. The molecule has 140 valence electrons. The molecule has 0 bridgehead atoms. The Bertz CT molecular complexity index is 891. The van der Waals surface area contributed by atoms with Crippen molar-refractivity contribution in [1.82, 2.24) is 10.0 Å². The van der Waals surface area contributed by atoms with Crippen molar-refractivity contribution in [2.45, 2.75) is 25.7 Å². The van der Waals surface area contributed by atoms with Gasteiger partial charge in [0.15, 0.2) is 0 Å². The van der Waals surface area contributed by atoms with Crippen LogP contribution in [0.3, 0.4) is 0 Å². The van der Waals surface area contributed by atoms with Crippen molar-refractivity contribution < 1.29 is 17.9 Å². The van der Waals surface area contributed by atoms with Crippen LogP contribution in [-0.4, -0.2) is 34.5 Å². The van der Waals surface area contributed by atoms with Gasteiger partial charge in [0.05, 0.1) is 7.11 Å². The molecule has 0 saturated heterocycles. The minimum absolute atomic E-state index is 0.0794. The Labute approximate surface area is 154 Å². The molecule has 0 fully saturated rings. The van der Waals surface area contributed by atoms with E-state index < -0.39 is 10.0 Å². The molecule has 0 radical (unpaired) electrons. The number of nitrogens with one attached hydrogen (secondary N) is 2. The fourth-order valence-electron chi connectivity index (χ4n) is 2.38. The van der Waals surface area contributed by atoms with Crippen molar-refractivity contribution in [3.8, 4) is 5.75 Å². The van der Waals surface area contributed by atoms with Crippen LogP contribution in [0.1, 0.15) is 27.0 Å². The Morgan fingerprint density at radius 3 is 2.23 bits per heavy atom. The smallest absolute Gasteiger partial charge is 0.251 e. The summed E-state index contributed by atoms with van der Waals surface area (Å²) >= 11 is 0. The van der Waals surface area contributed by atoms with Gasteiger partial charge in [-0.2, -0.15) is 0 Å². The van der Waals surface area contributed by atoms with Crippen molar-refractivity contribution in [1.29, 1.82) is 0 Å². The lowest BCUT2D eigenvalue weighted by molar-refractivity contribution is 0.0954. The van der Waals surface area contributed by atoms with Gasteiger partial charge in [-0.3, -0.25) is 4.79 Å². The SMILES string of the molecule is COc1cc(C)c(C)cc1S(=O)(=O)NCCNC(=O)c1ccc(C)cc1. The molecule has 0 atom stereocenters. The second kappa shape index (κ2) is 8.33. The lowest BCUT2D eigenvalue weighted by Crippen LogP contribution is -2.34. The highest BCUT2D eigenvalue weighted by Gasteiger charge is 2.20. The topological polar surface area (TPSA) is 84.5 Å². The first-order chi connectivity index (χ1) is 12.2. The lowest BCUT2D eigenvalue weighted by atomic mass is 10.1. The number of carbonyl (C=O) groups excluding carboxylic acids is 1. The molecular weight excluding hydrogens is 352 g/mol. The van der Waals surface area contributed by atoms with Gasteiger partial charge in [-0.05, 0) is 56.2 Å². The molecule has 7 heteroatoms. The number of methoxy groups -OCH3 is 1. The molecule has 1 amide bonds. The van der Waals surface area contributed by atoms with E-state index in [1.807, 2.05) is 32.9 Å². The fourth-order valence-corrected chi connectivity index (χ4v) is 3.64.